The maximum absolute atomic E-state index is 12.4. The van der Waals surface area contributed by atoms with Crippen LogP contribution in [0.5, 0.6) is 0 Å². The van der Waals surface area contributed by atoms with E-state index in [0.29, 0.717) is 17.1 Å². The fourth-order valence-electron chi connectivity index (χ4n) is 3.00. The Morgan fingerprint density at radius 1 is 1.29 bits per heavy atom. The lowest BCUT2D eigenvalue weighted by atomic mass is 9.80. The highest BCUT2D eigenvalue weighted by molar-refractivity contribution is 7.89. The summed E-state index contributed by atoms with van der Waals surface area (Å²) in [5.41, 5.74) is 0.636. The van der Waals surface area contributed by atoms with Gasteiger partial charge in [0.25, 0.3) is 0 Å². The van der Waals surface area contributed by atoms with Crippen molar-refractivity contribution in [3.05, 3.63) is 28.8 Å². The Labute approximate surface area is 131 Å². The van der Waals surface area contributed by atoms with Gasteiger partial charge in [-0.15, -0.1) is 0 Å². The van der Waals surface area contributed by atoms with Crippen LogP contribution in [0.4, 0.5) is 0 Å². The number of nitrogens with one attached hydrogen (secondary N) is 1. The molecule has 4 nitrogen and oxygen atoms in total. The van der Waals surface area contributed by atoms with Gasteiger partial charge in [-0.3, -0.25) is 0 Å². The van der Waals surface area contributed by atoms with Crippen molar-refractivity contribution in [2.75, 3.05) is 13.2 Å². The van der Waals surface area contributed by atoms with Crippen molar-refractivity contribution < 1.29 is 13.5 Å². The largest absolute Gasteiger partial charge is 0.396 e. The highest BCUT2D eigenvalue weighted by Crippen LogP contribution is 2.29. The average Bonchev–Trinajstić information content (AvgIpc) is 2.45. The van der Waals surface area contributed by atoms with Crippen LogP contribution in [0.1, 0.15) is 31.2 Å². The maximum Gasteiger partial charge on any atom is 0.240 e. The van der Waals surface area contributed by atoms with Crippen molar-refractivity contribution in [3.63, 3.8) is 0 Å². The van der Waals surface area contributed by atoms with E-state index in [1.807, 2.05) is 0 Å². The van der Waals surface area contributed by atoms with E-state index in [1.54, 1.807) is 19.1 Å². The third-order valence-electron chi connectivity index (χ3n) is 4.26. The molecular formula is C15H22ClNO3S. The van der Waals surface area contributed by atoms with E-state index < -0.39 is 10.0 Å². The number of aliphatic hydroxyl groups excluding tert-OH is 1. The fraction of sp³-hybridized carbons (Fsp3) is 0.600. The van der Waals surface area contributed by atoms with Crippen molar-refractivity contribution in [2.45, 2.75) is 37.5 Å². The van der Waals surface area contributed by atoms with E-state index >= 15 is 0 Å². The molecule has 0 radical (unpaired) electrons. The molecule has 0 heterocycles. The molecule has 6 heteroatoms. The van der Waals surface area contributed by atoms with Crippen LogP contribution in [0, 0.1) is 18.8 Å². The van der Waals surface area contributed by atoms with Crippen molar-refractivity contribution in [2.24, 2.45) is 11.8 Å². The Balaban J connectivity index is 2.07. The molecule has 0 aromatic heterocycles. The molecule has 1 aliphatic rings. The first-order chi connectivity index (χ1) is 9.94. The van der Waals surface area contributed by atoms with Gasteiger partial charge in [-0.25, -0.2) is 13.1 Å². The second-order valence-corrected chi connectivity index (χ2v) is 7.92. The fourth-order valence-corrected chi connectivity index (χ4v) is 4.55. The van der Waals surface area contributed by atoms with E-state index in [-0.39, 0.29) is 23.3 Å². The molecule has 2 rings (SSSR count). The van der Waals surface area contributed by atoms with Crippen LogP contribution in [-0.4, -0.2) is 26.7 Å². The molecule has 118 valence electrons. The van der Waals surface area contributed by atoms with Crippen LogP contribution in [0.2, 0.25) is 5.02 Å². The Morgan fingerprint density at radius 2 is 1.95 bits per heavy atom. The van der Waals surface area contributed by atoms with Crippen LogP contribution < -0.4 is 4.72 Å². The molecule has 0 bridgehead atoms. The zero-order valence-corrected chi connectivity index (χ0v) is 13.8. The number of sulfonamides is 1. The number of aryl methyl sites for hydroxylation is 1. The van der Waals surface area contributed by atoms with E-state index in [0.717, 1.165) is 25.7 Å². The summed E-state index contributed by atoms with van der Waals surface area (Å²) in [6, 6.07) is 4.76. The van der Waals surface area contributed by atoms with Gasteiger partial charge in [0.2, 0.25) is 10.0 Å². The molecule has 1 aromatic carbocycles. The van der Waals surface area contributed by atoms with Gasteiger partial charge >= 0.3 is 0 Å². The van der Waals surface area contributed by atoms with Crippen LogP contribution in [0.15, 0.2) is 23.1 Å². The molecule has 2 atom stereocenters. The van der Waals surface area contributed by atoms with Crippen molar-refractivity contribution in [1.29, 1.82) is 0 Å². The summed E-state index contributed by atoms with van der Waals surface area (Å²) in [5, 5.41) is 9.92. The topological polar surface area (TPSA) is 66.4 Å². The van der Waals surface area contributed by atoms with Gasteiger partial charge in [-0.1, -0.05) is 24.4 Å². The average molecular weight is 332 g/mol. The summed E-state index contributed by atoms with van der Waals surface area (Å²) >= 11 is 5.86. The zero-order chi connectivity index (χ0) is 15.5. The Morgan fingerprint density at radius 3 is 2.57 bits per heavy atom. The smallest absolute Gasteiger partial charge is 0.240 e. The molecule has 0 saturated heterocycles. The van der Waals surface area contributed by atoms with E-state index in [4.69, 9.17) is 11.6 Å². The predicted molar refractivity (Wildman–Crippen MR) is 83.9 cm³/mol. The van der Waals surface area contributed by atoms with Gasteiger partial charge in [-0.05, 0) is 55.4 Å². The normalized spacial score (nSPS) is 23.2. The third-order valence-corrected chi connectivity index (χ3v) is 6.08. The molecule has 2 unspecified atom stereocenters. The van der Waals surface area contributed by atoms with Gasteiger partial charge in [0, 0.05) is 18.2 Å². The summed E-state index contributed by atoms with van der Waals surface area (Å²) in [6.07, 6.45) is 4.16. The van der Waals surface area contributed by atoms with Gasteiger partial charge < -0.3 is 5.11 Å². The number of benzene rings is 1. The summed E-state index contributed by atoms with van der Waals surface area (Å²) in [5.74, 6) is 0.416. The van der Waals surface area contributed by atoms with Crippen LogP contribution in [-0.2, 0) is 10.0 Å². The highest BCUT2D eigenvalue weighted by Gasteiger charge is 2.26. The second kappa shape index (κ2) is 7.09. The molecule has 0 aliphatic heterocycles. The number of halogens is 1. The lowest BCUT2D eigenvalue weighted by Gasteiger charge is -2.30. The summed E-state index contributed by atoms with van der Waals surface area (Å²) < 4.78 is 27.5. The van der Waals surface area contributed by atoms with Crippen LogP contribution in [0.3, 0.4) is 0 Å². The van der Waals surface area contributed by atoms with Gasteiger partial charge in [0.1, 0.15) is 0 Å². The minimum Gasteiger partial charge on any atom is -0.396 e. The lowest BCUT2D eigenvalue weighted by molar-refractivity contribution is 0.136. The molecule has 2 N–H and O–H groups in total. The van der Waals surface area contributed by atoms with Crippen molar-refractivity contribution in [1.82, 2.24) is 4.72 Å². The molecule has 0 amide bonds. The Bertz CT molecular complexity index is 589. The van der Waals surface area contributed by atoms with E-state index in [9.17, 15) is 13.5 Å². The molecule has 1 saturated carbocycles. The maximum atomic E-state index is 12.4. The van der Waals surface area contributed by atoms with E-state index in [1.165, 1.54) is 6.07 Å². The minimum absolute atomic E-state index is 0.131. The quantitative estimate of drug-likeness (QED) is 0.871. The molecule has 21 heavy (non-hydrogen) atoms. The van der Waals surface area contributed by atoms with Crippen molar-refractivity contribution >= 4 is 21.6 Å². The predicted octanol–water partition coefficient (Wildman–Crippen LogP) is 2.73. The van der Waals surface area contributed by atoms with Gasteiger partial charge in [0.15, 0.2) is 0 Å². The summed E-state index contributed by atoms with van der Waals surface area (Å²) in [7, 11) is -3.53. The molecule has 1 aromatic rings. The van der Waals surface area contributed by atoms with Gasteiger partial charge in [-0.2, -0.15) is 0 Å². The van der Waals surface area contributed by atoms with E-state index in [2.05, 4.69) is 4.72 Å². The molecule has 1 aliphatic carbocycles. The first-order valence-corrected chi connectivity index (χ1v) is 9.17. The molecule has 0 spiro atoms. The SMILES string of the molecule is Cc1cc(Cl)ccc1S(=O)(=O)NCC1CCCCC1CO. The lowest BCUT2D eigenvalue weighted by Crippen LogP contribution is -2.35. The number of aliphatic hydroxyl groups is 1. The first-order valence-electron chi connectivity index (χ1n) is 7.30. The standard InChI is InChI=1S/C15H22ClNO3S/c1-11-8-14(16)6-7-15(11)21(19,20)17-9-12-4-2-3-5-13(12)10-18/h6-8,12-13,17-18H,2-5,9-10H2,1H3. The summed E-state index contributed by atoms with van der Waals surface area (Å²) in [6.45, 7) is 2.25. The number of hydrogen-bond acceptors (Lipinski definition) is 3. The Hall–Kier alpha value is -0.620. The minimum atomic E-state index is -3.53. The first kappa shape index (κ1) is 16.7. The molecule has 1 fully saturated rings. The zero-order valence-electron chi connectivity index (χ0n) is 12.2. The van der Waals surface area contributed by atoms with Crippen LogP contribution >= 0.6 is 11.6 Å². The Kier molecular flexibility index (Phi) is 5.66. The van der Waals surface area contributed by atoms with Crippen molar-refractivity contribution in [3.8, 4) is 0 Å². The number of rotatable bonds is 5. The monoisotopic (exact) mass is 331 g/mol. The number of hydrogen-bond donors (Lipinski definition) is 2. The second-order valence-electron chi connectivity index (χ2n) is 5.75. The highest BCUT2D eigenvalue weighted by atomic mass is 35.5. The molecular weight excluding hydrogens is 310 g/mol. The van der Waals surface area contributed by atoms with Gasteiger partial charge in [0.05, 0.1) is 4.90 Å². The third kappa shape index (κ3) is 4.19. The van der Waals surface area contributed by atoms with Crippen LogP contribution in [0.25, 0.3) is 0 Å². The summed E-state index contributed by atoms with van der Waals surface area (Å²) in [4.78, 5) is 0.267.